The van der Waals surface area contributed by atoms with Gasteiger partial charge >= 0.3 is 5.97 Å². The van der Waals surface area contributed by atoms with Crippen LogP contribution in [0.3, 0.4) is 0 Å². The zero-order chi connectivity index (χ0) is 18.5. The molecule has 6 nitrogen and oxygen atoms in total. The number of carbonyl (C=O) groups is 2. The molecule has 0 radical (unpaired) electrons. The third kappa shape index (κ3) is 8.54. The summed E-state index contributed by atoms with van der Waals surface area (Å²) < 4.78 is 15.5. The number of furan rings is 1. The number of hydrogen-bond donors (Lipinski definition) is 0. The van der Waals surface area contributed by atoms with Crippen LogP contribution in [0.4, 0.5) is 0 Å². The SMILES string of the molecule is CCCCOCCCN(CC(C)C(=O)OC)C(=O)/C=C/c1ccco1. The van der Waals surface area contributed by atoms with Gasteiger partial charge in [0.1, 0.15) is 5.76 Å². The monoisotopic (exact) mass is 351 g/mol. The summed E-state index contributed by atoms with van der Waals surface area (Å²) in [4.78, 5) is 25.7. The van der Waals surface area contributed by atoms with E-state index < -0.39 is 0 Å². The van der Waals surface area contributed by atoms with Crippen molar-refractivity contribution in [2.45, 2.75) is 33.1 Å². The average molecular weight is 351 g/mol. The van der Waals surface area contributed by atoms with Crippen LogP contribution in [-0.4, -0.2) is 50.2 Å². The molecule has 0 fully saturated rings. The molecular formula is C19H29NO5. The van der Waals surface area contributed by atoms with Crippen LogP contribution in [0.5, 0.6) is 0 Å². The molecule has 0 saturated carbocycles. The van der Waals surface area contributed by atoms with Gasteiger partial charge in [-0.3, -0.25) is 9.59 Å². The van der Waals surface area contributed by atoms with Crippen molar-refractivity contribution in [1.82, 2.24) is 4.90 Å². The quantitative estimate of drug-likeness (QED) is 0.329. The summed E-state index contributed by atoms with van der Waals surface area (Å²) in [5, 5.41) is 0. The fourth-order valence-corrected chi connectivity index (χ4v) is 2.25. The normalized spacial score (nSPS) is 12.3. The Balaban J connectivity index is 2.56. The van der Waals surface area contributed by atoms with Crippen LogP contribution in [0.2, 0.25) is 0 Å². The Morgan fingerprint density at radius 1 is 1.32 bits per heavy atom. The van der Waals surface area contributed by atoms with Gasteiger partial charge in [-0.1, -0.05) is 20.3 Å². The van der Waals surface area contributed by atoms with E-state index in [1.807, 2.05) is 0 Å². The Morgan fingerprint density at radius 3 is 2.72 bits per heavy atom. The number of rotatable bonds is 12. The molecule has 0 aliphatic carbocycles. The summed E-state index contributed by atoms with van der Waals surface area (Å²) >= 11 is 0. The topological polar surface area (TPSA) is 69.0 Å². The summed E-state index contributed by atoms with van der Waals surface area (Å²) in [7, 11) is 1.35. The van der Waals surface area contributed by atoms with Crippen LogP contribution >= 0.6 is 0 Å². The maximum absolute atomic E-state index is 12.5. The van der Waals surface area contributed by atoms with E-state index in [-0.39, 0.29) is 17.8 Å². The van der Waals surface area contributed by atoms with E-state index in [2.05, 4.69) is 6.92 Å². The maximum Gasteiger partial charge on any atom is 0.310 e. The van der Waals surface area contributed by atoms with Crippen molar-refractivity contribution in [3.05, 3.63) is 30.2 Å². The van der Waals surface area contributed by atoms with Crippen molar-refractivity contribution in [2.75, 3.05) is 33.4 Å². The number of unbranched alkanes of at least 4 members (excludes halogenated alkanes) is 1. The first-order chi connectivity index (χ1) is 12.1. The summed E-state index contributed by atoms with van der Waals surface area (Å²) in [5.74, 6) is -0.267. The van der Waals surface area contributed by atoms with Crippen molar-refractivity contribution in [3.8, 4) is 0 Å². The Bertz CT molecular complexity index is 524. The van der Waals surface area contributed by atoms with Gasteiger partial charge in [0.25, 0.3) is 0 Å². The lowest BCUT2D eigenvalue weighted by Crippen LogP contribution is -2.37. The first-order valence-electron chi connectivity index (χ1n) is 8.74. The lowest BCUT2D eigenvalue weighted by molar-refractivity contribution is -0.146. The van der Waals surface area contributed by atoms with Crippen molar-refractivity contribution in [2.24, 2.45) is 5.92 Å². The van der Waals surface area contributed by atoms with E-state index in [9.17, 15) is 9.59 Å². The van der Waals surface area contributed by atoms with Crippen molar-refractivity contribution >= 4 is 18.0 Å². The highest BCUT2D eigenvalue weighted by molar-refractivity contribution is 5.91. The van der Waals surface area contributed by atoms with Gasteiger partial charge in [0.2, 0.25) is 5.91 Å². The number of amides is 1. The number of nitrogens with zero attached hydrogens (tertiary/aromatic N) is 1. The van der Waals surface area contributed by atoms with Gasteiger partial charge in [0.15, 0.2) is 0 Å². The van der Waals surface area contributed by atoms with E-state index in [1.54, 1.807) is 36.3 Å². The largest absolute Gasteiger partial charge is 0.469 e. The molecule has 0 aromatic carbocycles. The van der Waals surface area contributed by atoms with Gasteiger partial charge in [-0.25, -0.2) is 0 Å². The zero-order valence-electron chi connectivity index (χ0n) is 15.4. The van der Waals surface area contributed by atoms with E-state index in [1.165, 1.54) is 13.2 Å². The Morgan fingerprint density at radius 2 is 2.08 bits per heavy atom. The highest BCUT2D eigenvalue weighted by Gasteiger charge is 2.20. The predicted molar refractivity (Wildman–Crippen MR) is 95.8 cm³/mol. The minimum Gasteiger partial charge on any atom is -0.469 e. The number of carbonyl (C=O) groups excluding carboxylic acids is 2. The second kappa shape index (κ2) is 12.3. The molecule has 1 heterocycles. The molecule has 0 aliphatic heterocycles. The van der Waals surface area contributed by atoms with Gasteiger partial charge in [0, 0.05) is 32.4 Å². The molecule has 1 unspecified atom stereocenters. The molecule has 1 aromatic heterocycles. The molecule has 0 N–H and O–H groups in total. The van der Waals surface area contributed by atoms with Crippen LogP contribution in [0, 0.1) is 5.92 Å². The number of methoxy groups -OCH3 is 1. The van der Waals surface area contributed by atoms with Gasteiger partial charge in [0.05, 0.1) is 19.3 Å². The molecule has 0 bridgehead atoms. The second-order valence-corrected chi connectivity index (χ2v) is 5.88. The van der Waals surface area contributed by atoms with Crippen LogP contribution in [0.15, 0.2) is 28.9 Å². The first kappa shape index (κ1) is 21.0. The second-order valence-electron chi connectivity index (χ2n) is 5.88. The molecule has 6 heteroatoms. The van der Waals surface area contributed by atoms with Crippen LogP contribution in [-0.2, 0) is 19.1 Å². The average Bonchev–Trinajstić information content (AvgIpc) is 3.14. The van der Waals surface area contributed by atoms with E-state index in [0.29, 0.717) is 25.5 Å². The lowest BCUT2D eigenvalue weighted by atomic mass is 10.1. The number of hydrogen-bond acceptors (Lipinski definition) is 5. The number of ether oxygens (including phenoxy) is 2. The predicted octanol–water partition coefficient (Wildman–Crippen LogP) is 3.14. The van der Waals surface area contributed by atoms with E-state index in [4.69, 9.17) is 13.9 Å². The van der Waals surface area contributed by atoms with Crippen molar-refractivity contribution in [3.63, 3.8) is 0 Å². The standard InChI is InChI=1S/C19H29NO5/c1-4-5-12-24-13-7-11-20(15-16(2)19(22)23-3)18(21)10-9-17-8-6-14-25-17/h6,8-10,14,16H,4-5,7,11-13,15H2,1-3H3/b10-9+. The Labute approximate surface area is 149 Å². The van der Waals surface area contributed by atoms with Gasteiger partial charge in [-0.2, -0.15) is 0 Å². The minimum atomic E-state index is -0.382. The van der Waals surface area contributed by atoms with Crippen LogP contribution in [0.25, 0.3) is 6.08 Å². The molecule has 1 amide bonds. The maximum atomic E-state index is 12.5. The van der Waals surface area contributed by atoms with Crippen molar-refractivity contribution in [1.29, 1.82) is 0 Å². The van der Waals surface area contributed by atoms with Gasteiger partial charge < -0.3 is 18.8 Å². The minimum absolute atomic E-state index is 0.166. The molecule has 1 rings (SSSR count). The third-order valence-corrected chi connectivity index (χ3v) is 3.70. The third-order valence-electron chi connectivity index (χ3n) is 3.70. The van der Waals surface area contributed by atoms with E-state index >= 15 is 0 Å². The Hall–Kier alpha value is -2.08. The molecular weight excluding hydrogens is 322 g/mol. The molecule has 0 aliphatic rings. The molecule has 0 saturated heterocycles. The molecule has 0 spiro atoms. The Kier molecular flexibility index (Phi) is 10.3. The summed E-state index contributed by atoms with van der Waals surface area (Å²) in [5.41, 5.74) is 0. The smallest absolute Gasteiger partial charge is 0.310 e. The van der Waals surface area contributed by atoms with Gasteiger partial charge in [-0.15, -0.1) is 0 Å². The molecule has 140 valence electrons. The van der Waals surface area contributed by atoms with Gasteiger partial charge in [-0.05, 0) is 31.1 Å². The number of esters is 1. The highest BCUT2D eigenvalue weighted by Crippen LogP contribution is 2.07. The fourth-order valence-electron chi connectivity index (χ4n) is 2.25. The van der Waals surface area contributed by atoms with Crippen molar-refractivity contribution < 1.29 is 23.5 Å². The van der Waals surface area contributed by atoms with Crippen LogP contribution in [0.1, 0.15) is 38.9 Å². The molecule has 25 heavy (non-hydrogen) atoms. The molecule has 1 atom stereocenters. The zero-order valence-corrected chi connectivity index (χ0v) is 15.4. The summed E-state index contributed by atoms with van der Waals surface area (Å²) in [6, 6.07) is 3.53. The highest BCUT2D eigenvalue weighted by atomic mass is 16.5. The summed E-state index contributed by atoms with van der Waals surface area (Å²) in [6.45, 7) is 6.03. The lowest BCUT2D eigenvalue weighted by Gasteiger charge is -2.24. The fraction of sp³-hybridized carbons (Fsp3) is 0.579. The van der Waals surface area contributed by atoms with Crippen LogP contribution < -0.4 is 0 Å². The first-order valence-corrected chi connectivity index (χ1v) is 8.74. The van der Waals surface area contributed by atoms with E-state index in [0.717, 1.165) is 25.9 Å². The summed E-state index contributed by atoms with van der Waals surface area (Å²) in [6.07, 6.45) is 7.48. The molecule has 1 aromatic rings.